The Hall–Kier alpha value is -3.80. The van der Waals surface area contributed by atoms with E-state index in [9.17, 15) is 9.59 Å². The van der Waals surface area contributed by atoms with Crippen molar-refractivity contribution in [3.05, 3.63) is 84.4 Å². The molecule has 3 aromatic carbocycles. The molecule has 0 atom stereocenters. The maximum Gasteiger partial charge on any atom is 0.338 e. The van der Waals surface area contributed by atoms with Crippen LogP contribution >= 0.6 is 0 Å². The van der Waals surface area contributed by atoms with Crippen molar-refractivity contribution in [1.82, 2.24) is 0 Å². The Morgan fingerprint density at radius 3 is 2.38 bits per heavy atom. The number of hydrogen-bond donors (Lipinski definition) is 1. The van der Waals surface area contributed by atoms with Crippen molar-refractivity contribution in [1.29, 1.82) is 0 Å². The first-order valence-corrected chi connectivity index (χ1v) is 9.17. The van der Waals surface area contributed by atoms with E-state index in [1.165, 1.54) is 6.07 Å². The van der Waals surface area contributed by atoms with Crippen LogP contribution in [-0.4, -0.2) is 25.1 Å². The van der Waals surface area contributed by atoms with Gasteiger partial charge in [0.2, 0.25) is 0 Å². The Bertz CT molecular complexity index is 972. The van der Waals surface area contributed by atoms with Crippen LogP contribution in [-0.2, 0) is 9.53 Å². The van der Waals surface area contributed by atoms with Gasteiger partial charge in [-0.3, -0.25) is 4.79 Å². The summed E-state index contributed by atoms with van der Waals surface area (Å²) in [7, 11) is 0. The number of nitrogens with one attached hydrogen (secondary N) is 1. The molecule has 0 saturated carbocycles. The SMILES string of the molecule is CCOC(=O)c1cccc(OCC(=O)Nc2ccccc2Oc2ccccc2)c1. The summed E-state index contributed by atoms with van der Waals surface area (Å²) in [5, 5.41) is 2.78. The Kier molecular flexibility index (Phi) is 6.84. The highest BCUT2D eigenvalue weighted by atomic mass is 16.5. The van der Waals surface area contributed by atoms with Crippen molar-refractivity contribution in [3.8, 4) is 17.2 Å². The second-order valence-corrected chi connectivity index (χ2v) is 6.00. The number of hydrogen-bond acceptors (Lipinski definition) is 5. The smallest absolute Gasteiger partial charge is 0.338 e. The quantitative estimate of drug-likeness (QED) is 0.565. The number of anilines is 1. The number of carbonyl (C=O) groups is 2. The van der Waals surface area contributed by atoms with Crippen molar-refractivity contribution in [2.75, 3.05) is 18.5 Å². The van der Waals surface area contributed by atoms with E-state index in [1.807, 2.05) is 36.4 Å². The number of amides is 1. The second-order valence-electron chi connectivity index (χ2n) is 6.00. The van der Waals surface area contributed by atoms with E-state index in [0.29, 0.717) is 28.5 Å². The minimum Gasteiger partial charge on any atom is -0.484 e. The molecule has 0 aromatic heterocycles. The summed E-state index contributed by atoms with van der Waals surface area (Å²) in [6.45, 7) is 1.81. The van der Waals surface area contributed by atoms with Crippen LogP contribution in [0.3, 0.4) is 0 Å². The van der Waals surface area contributed by atoms with Crippen molar-refractivity contribution in [2.24, 2.45) is 0 Å². The first-order valence-electron chi connectivity index (χ1n) is 9.17. The lowest BCUT2D eigenvalue weighted by Gasteiger charge is -2.13. The van der Waals surface area contributed by atoms with E-state index in [0.717, 1.165) is 0 Å². The van der Waals surface area contributed by atoms with Crippen molar-refractivity contribution in [3.63, 3.8) is 0 Å². The highest BCUT2D eigenvalue weighted by Crippen LogP contribution is 2.29. The maximum atomic E-state index is 12.3. The predicted molar refractivity (Wildman–Crippen MR) is 109 cm³/mol. The molecule has 1 amide bonds. The first kappa shape index (κ1) is 19.9. The third-order valence-corrected chi connectivity index (χ3v) is 3.85. The third kappa shape index (κ3) is 5.84. The first-order chi connectivity index (χ1) is 14.2. The van der Waals surface area contributed by atoms with Crippen LogP contribution in [0.1, 0.15) is 17.3 Å². The van der Waals surface area contributed by atoms with Gasteiger partial charge in [-0.05, 0) is 49.4 Å². The molecular formula is C23H21NO5. The molecule has 0 fully saturated rings. The van der Waals surface area contributed by atoms with E-state index in [4.69, 9.17) is 14.2 Å². The van der Waals surface area contributed by atoms with E-state index in [2.05, 4.69) is 5.32 Å². The standard InChI is InChI=1S/C23H21NO5/c1-2-27-23(26)17-9-8-12-19(15-17)28-16-22(25)24-20-13-6-7-14-21(20)29-18-10-4-3-5-11-18/h3-15H,2,16H2,1H3,(H,24,25). The molecule has 0 bridgehead atoms. The molecule has 6 heteroatoms. The fourth-order valence-electron chi connectivity index (χ4n) is 2.54. The minimum atomic E-state index is -0.436. The largest absolute Gasteiger partial charge is 0.484 e. The average Bonchev–Trinajstić information content (AvgIpc) is 2.75. The number of esters is 1. The summed E-state index contributed by atoms with van der Waals surface area (Å²) in [6, 6.07) is 23.0. The lowest BCUT2D eigenvalue weighted by atomic mass is 10.2. The fourth-order valence-corrected chi connectivity index (χ4v) is 2.54. The fraction of sp³-hybridized carbons (Fsp3) is 0.130. The lowest BCUT2D eigenvalue weighted by Crippen LogP contribution is -2.20. The molecule has 148 valence electrons. The number of benzene rings is 3. The molecule has 6 nitrogen and oxygen atoms in total. The summed E-state index contributed by atoms with van der Waals surface area (Å²) in [4.78, 5) is 24.1. The molecule has 0 heterocycles. The van der Waals surface area contributed by atoms with Gasteiger partial charge in [0.1, 0.15) is 11.5 Å². The highest BCUT2D eigenvalue weighted by Gasteiger charge is 2.11. The number of rotatable bonds is 8. The Morgan fingerprint density at radius 2 is 1.59 bits per heavy atom. The van der Waals surface area contributed by atoms with Crippen LogP contribution in [0.2, 0.25) is 0 Å². The Labute approximate surface area is 169 Å². The Morgan fingerprint density at radius 1 is 0.862 bits per heavy atom. The van der Waals surface area contributed by atoms with Crippen LogP contribution in [0.25, 0.3) is 0 Å². The van der Waals surface area contributed by atoms with E-state index >= 15 is 0 Å². The van der Waals surface area contributed by atoms with Gasteiger partial charge in [0, 0.05) is 0 Å². The molecular weight excluding hydrogens is 370 g/mol. The number of carbonyl (C=O) groups excluding carboxylic acids is 2. The van der Waals surface area contributed by atoms with Gasteiger partial charge in [0.05, 0.1) is 17.9 Å². The molecule has 0 unspecified atom stereocenters. The zero-order chi connectivity index (χ0) is 20.5. The highest BCUT2D eigenvalue weighted by molar-refractivity contribution is 5.93. The third-order valence-electron chi connectivity index (χ3n) is 3.85. The van der Waals surface area contributed by atoms with E-state index in [1.54, 1.807) is 43.3 Å². The summed E-state index contributed by atoms with van der Waals surface area (Å²) < 4.78 is 16.3. The van der Waals surface area contributed by atoms with E-state index in [-0.39, 0.29) is 19.1 Å². The normalized spacial score (nSPS) is 10.1. The van der Waals surface area contributed by atoms with Gasteiger partial charge in [0.15, 0.2) is 12.4 Å². The summed E-state index contributed by atoms with van der Waals surface area (Å²) >= 11 is 0. The molecule has 0 aliphatic heterocycles. The number of para-hydroxylation sites is 3. The zero-order valence-electron chi connectivity index (χ0n) is 16.0. The molecule has 0 saturated heterocycles. The van der Waals surface area contributed by atoms with Gasteiger partial charge in [-0.2, -0.15) is 0 Å². The zero-order valence-corrected chi connectivity index (χ0v) is 16.0. The van der Waals surface area contributed by atoms with Gasteiger partial charge in [-0.15, -0.1) is 0 Å². The summed E-state index contributed by atoms with van der Waals surface area (Å²) in [5.41, 5.74) is 0.900. The van der Waals surface area contributed by atoms with Gasteiger partial charge in [-0.25, -0.2) is 4.79 Å². The average molecular weight is 391 g/mol. The lowest BCUT2D eigenvalue weighted by molar-refractivity contribution is -0.118. The molecule has 0 aliphatic carbocycles. The van der Waals surface area contributed by atoms with Crippen LogP contribution in [0.15, 0.2) is 78.9 Å². The van der Waals surface area contributed by atoms with Crippen LogP contribution in [0.4, 0.5) is 5.69 Å². The van der Waals surface area contributed by atoms with Gasteiger partial charge < -0.3 is 19.5 Å². The molecule has 29 heavy (non-hydrogen) atoms. The summed E-state index contributed by atoms with van der Waals surface area (Å²) in [6.07, 6.45) is 0. The van der Waals surface area contributed by atoms with Gasteiger partial charge >= 0.3 is 5.97 Å². The van der Waals surface area contributed by atoms with Crippen molar-refractivity contribution >= 4 is 17.6 Å². The van der Waals surface area contributed by atoms with Crippen LogP contribution < -0.4 is 14.8 Å². The van der Waals surface area contributed by atoms with Gasteiger partial charge in [0.25, 0.3) is 5.91 Å². The molecule has 1 N–H and O–H groups in total. The molecule has 0 spiro atoms. The second kappa shape index (κ2) is 9.94. The maximum absolute atomic E-state index is 12.3. The molecule has 0 aliphatic rings. The van der Waals surface area contributed by atoms with Crippen LogP contribution in [0, 0.1) is 0 Å². The van der Waals surface area contributed by atoms with Crippen molar-refractivity contribution in [2.45, 2.75) is 6.92 Å². The van der Waals surface area contributed by atoms with Crippen LogP contribution in [0.5, 0.6) is 17.2 Å². The predicted octanol–water partition coefficient (Wildman–Crippen LogP) is 4.67. The molecule has 3 rings (SSSR count). The topological polar surface area (TPSA) is 73.9 Å². The monoisotopic (exact) mass is 391 g/mol. The number of ether oxygens (including phenoxy) is 3. The van der Waals surface area contributed by atoms with E-state index < -0.39 is 5.97 Å². The summed E-state index contributed by atoms with van der Waals surface area (Å²) in [5.74, 6) is 0.808. The van der Waals surface area contributed by atoms with Gasteiger partial charge in [-0.1, -0.05) is 36.4 Å². The molecule has 3 aromatic rings. The minimum absolute atomic E-state index is 0.216. The Balaban J connectivity index is 1.60. The molecule has 0 radical (unpaired) electrons. The van der Waals surface area contributed by atoms with Crippen molar-refractivity contribution < 1.29 is 23.8 Å².